The number of hydrogen-bond acceptors (Lipinski definition) is 4. The van der Waals surface area contributed by atoms with Gasteiger partial charge in [0.15, 0.2) is 0 Å². The predicted molar refractivity (Wildman–Crippen MR) is 111 cm³/mol. The highest BCUT2D eigenvalue weighted by Crippen LogP contribution is 2.19. The maximum Gasteiger partial charge on any atom is 0.273 e. The molecule has 154 valence electrons. The normalized spacial score (nSPS) is 11.5. The Hall–Kier alpha value is -3.22. The zero-order valence-corrected chi connectivity index (χ0v) is 16.8. The molecular formula is C22H27N3O4. The predicted octanol–water partition coefficient (Wildman–Crippen LogP) is 3.12. The molecule has 0 saturated carbocycles. The van der Waals surface area contributed by atoms with Crippen LogP contribution in [0.5, 0.6) is 0 Å². The third kappa shape index (κ3) is 6.41. The molecule has 2 rings (SSSR count). The van der Waals surface area contributed by atoms with Crippen LogP contribution in [-0.2, 0) is 22.4 Å². The first-order chi connectivity index (χ1) is 13.9. The summed E-state index contributed by atoms with van der Waals surface area (Å²) in [5.74, 6) is -0.537. The van der Waals surface area contributed by atoms with Crippen molar-refractivity contribution in [3.05, 3.63) is 75.8 Å². The number of carbonyl (C=O) groups excluding carboxylic acids is 2. The Kier molecular flexibility index (Phi) is 8.33. The van der Waals surface area contributed by atoms with Crippen molar-refractivity contribution in [2.45, 2.75) is 39.2 Å². The largest absolute Gasteiger partial charge is 0.354 e. The van der Waals surface area contributed by atoms with Crippen molar-refractivity contribution in [3.8, 4) is 0 Å². The fourth-order valence-corrected chi connectivity index (χ4v) is 3.07. The van der Waals surface area contributed by atoms with Crippen LogP contribution in [0.25, 0.3) is 0 Å². The topological polar surface area (TPSA) is 92.6 Å². The minimum absolute atomic E-state index is 0.0908. The highest BCUT2D eigenvalue weighted by atomic mass is 16.6. The van der Waals surface area contributed by atoms with Crippen LogP contribution in [0.15, 0.2) is 54.6 Å². The molecule has 7 nitrogen and oxygen atoms in total. The van der Waals surface area contributed by atoms with E-state index in [4.69, 9.17) is 0 Å². The second kappa shape index (κ2) is 10.9. The summed E-state index contributed by atoms with van der Waals surface area (Å²) in [7, 11) is 0. The summed E-state index contributed by atoms with van der Waals surface area (Å²) >= 11 is 0. The summed E-state index contributed by atoms with van der Waals surface area (Å²) in [4.78, 5) is 37.8. The first-order valence-corrected chi connectivity index (χ1v) is 9.77. The van der Waals surface area contributed by atoms with Gasteiger partial charge in [-0.15, -0.1) is 0 Å². The molecule has 0 aliphatic carbocycles. The van der Waals surface area contributed by atoms with Crippen LogP contribution >= 0.6 is 0 Å². The molecule has 0 radical (unpaired) electrons. The van der Waals surface area contributed by atoms with Crippen molar-refractivity contribution in [1.82, 2.24) is 10.2 Å². The highest BCUT2D eigenvalue weighted by molar-refractivity contribution is 5.88. The smallest absolute Gasteiger partial charge is 0.273 e. The number of amides is 2. The molecule has 0 bridgehead atoms. The number of nitro benzene ring substituents is 1. The molecule has 2 amide bonds. The monoisotopic (exact) mass is 397 g/mol. The molecule has 0 spiro atoms. The van der Waals surface area contributed by atoms with Crippen molar-refractivity contribution in [2.75, 3.05) is 13.1 Å². The molecule has 1 atom stereocenters. The summed E-state index contributed by atoms with van der Waals surface area (Å²) in [6.45, 7) is 4.53. The SMILES string of the molecule is CCCNC(=O)C(C)N(CCc1ccccc1)C(=O)Cc1ccccc1[N+](=O)[O-]. The Labute approximate surface area is 170 Å². The summed E-state index contributed by atoms with van der Waals surface area (Å²) in [5.41, 5.74) is 1.30. The van der Waals surface area contributed by atoms with E-state index in [9.17, 15) is 19.7 Å². The van der Waals surface area contributed by atoms with E-state index in [2.05, 4.69) is 5.32 Å². The lowest BCUT2D eigenvalue weighted by atomic mass is 10.1. The second-order valence-corrected chi connectivity index (χ2v) is 6.85. The molecule has 2 aromatic rings. The standard InChI is InChI=1S/C22H27N3O4/c1-3-14-23-22(27)17(2)24(15-13-18-9-5-4-6-10-18)21(26)16-19-11-7-8-12-20(19)25(28)29/h4-12,17H,3,13-16H2,1-2H3,(H,23,27). The van der Waals surface area contributed by atoms with Gasteiger partial charge >= 0.3 is 0 Å². The van der Waals surface area contributed by atoms with E-state index in [0.29, 0.717) is 25.1 Å². The molecule has 1 unspecified atom stereocenters. The van der Waals surface area contributed by atoms with Gasteiger partial charge in [0.1, 0.15) is 6.04 Å². The van der Waals surface area contributed by atoms with Crippen LogP contribution in [0.1, 0.15) is 31.4 Å². The molecule has 0 aliphatic heterocycles. The van der Waals surface area contributed by atoms with Gasteiger partial charge in [0, 0.05) is 24.7 Å². The van der Waals surface area contributed by atoms with E-state index >= 15 is 0 Å². The van der Waals surface area contributed by atoms with E-state index in [1.807, 2.05) is 37.3 Å². The summed E-state index contributed by atoms with van der Waals surface area (Å²) in [6, 6.07) is 15.2. The lowest BCUT2D eigenvalue weighted by Crippen LogP contribution is -2.49. The summed E-state index contributed by atoms with van der Waals surface area (Å²) in [6.07, 6.45) is 1.26. The van der Waals surface area contributed by atoms with Crippen molar-refractivity contribution < 1.29 is 14.5 Å². The van der Waals surface area contributed by atoms with Gasteiger partial charge < -0.3 is 10.2 Å². The number of para-hydroxylation sites is 1. The fraction of sp³-hybridized carbons (Fsp3) is 0.364. The Morgan fingerprint density at radius 2 is 1.76 bits per heavy atom. The first kappa shape index (κ1) is 22.1. The number of rotatable bonds is 10. The van der Waals surface area contributed by atoms with E-state index in [0.717, 1.165) is 12.0 Å². The zero-order chi connectivity index (χ0) is 21.2. The number of nitrogens with one attached hydrogen (secondary N) is 1. The van der Waals surface area contributed by atoms with E-state index in [1.165, 1.54) is 11.0 Å². The maximum atomic E-state index is 13.1. The van der Waals surface area contributed by atoms with Crippen LogP contribution in [-0.4, -0.2) is 40.8 Å². The first-order valence-electron chi connectivity index (χ1n) is 9.77. The average molecular weight is 397 g/mol. The van der Waals surface area contributed by atoms with Crippen molar-refractivity contribution in [3.63, 3.8) is 0 Å². The van der Waals surface area contributed by atoms with Crippen LogP contribution in [0.3, 0.4) is 0 Å². The molecule has 0 fully saturated rings. The van der Waals surface area contributed by atoms with Gasteiger partial charge in [0.25, 0.3) is 5.69 Å². The van der Waals surface area contributed by atoms with Gasteiger partial charge in [-0.1, -0.05) is 55.5 Å². The maximum absolute atomic E-state index is 13.1. The molecule has 0 aromatic heterocycles. The highest BCUT2D eigenvalue weighted by Gasteiger charge is 2.27. The van der Waals surface area contributed by atoms with E-state index in [-0.39, 0.29) is 23.9 Å². The summed E-state index contributed by atoms with van der Waals surface area (Å²) < 4.78 is 0. The van der Waals surface area contributed by atoms with Gasteiger partial charge in [-0.3, -0.25) is 19.7 Å². The molecular weight excluding hydrogens is 370 g/mol. The van der Waals surface area contributed by atoms with Gasteiger partial charge in [-0.05, 0) is 25.3 Å². The van der Waals surface area contributed by atoms with Crippen LogP contribution in [0.4, 0.5) is 5.69 Å². The Morgan fingerprint density at radius 3 is 2.41 bits per heavy atom. The lowest BCUT2D eigenvalue weighted by Gasteiger charge is -2.29. The number of benzene rings is 2. The molecule has 0 heterocycles. The molecule has 29 heavy (non-hydrogen) atoms. The molecule has 0 saturated heterocycles. The van der Waals surface area contributed by atoms with Gasteiger partial charge in [-0.25, -0.2) is 0 Å². The lowest BCUT2D eigenvalue weighted by molar-refractivity contribution is -0.385. The average Bonchev–Trinajstić information content (AvgIpc) is 2.73. The fourth-order valence-electron chi connectivity index (χ4n) is 3.07. The Bertz CT molecular complexity index is 839. The second-order valence-electron chi connectivity index (χ2n) is 6.85. The number of nitro groups is 1. The zero-order valence-electron chi connectivity index (χ0n) is 16.8. The van der Waals surface area contributed by atoms with Gasteiger partial charge in [0.2, 0.25) is 11.8 Å². The van der Waals surface area contributed by atoms with Crippen molar-refractivity contribution in [1.29, 1.82) is 0 Å². The van der Waals surface area contributed by atoms with Crippen LogP contribution < -0.4 is 5.32 Å². The third-order valence-corrected chi connectivity index (χ3v) is 4.73. The quantitative estimate of drug-likeness (QED) is 0.492. The molecule has 7 heteroatoms. The van der Waals surface area contributed by atoms with Crippen LogP contribution in [0, 0.1) is 10.1 Å². The van der Waals surface area contributed by atoms with Gasteiger partial charge in [-0.2, -0.15) is 0 Å². The molecule has 2 aromatic carbocycles. The Balaban J connectivity index is 2.19. The Morgan fingerprint density at radius 1 is 1.10 bits per heavy atom. The van der Waals surface area contributed by atoms with E-state index < -0.39 is 11.0 Å². The number of carbonyl (C=O) groups is 2. The van der Waals surface area contributed by atoms with Crippen molar-refractivity contribution >= 4 is 17.5 Å². The van der Waals surface area contributed by atoms with Crippen LogP contribution in [0.2, 0.25) is 0 Å². The van der Waals surface area contributed by atoms with E-state index in [1.54, 1.807) is 25.1 Å². The molecule has 0 aliphatic rings. The number of nitrogens with zero attached hydrogens (tertiary/aromatic N) is 2. The third-order valence-electron chi connectivity index (χ3n) is 4.73. The number of hydrogen-bond donors (Lipinski definition) is 1. The van der Waals surface area contributed by atoms with Gasteiger partial charge in [0.05, 0.1) is 11.3 Å². The minimum atomic E-state index is -0.666. The van der Waals surface area contributed by atoms with Crippen molar-refractivity contribution in [2.24, 2.45) is 0 Å². The minimum Gasteiger partial charge on any atom is -0.354 e. The molecule has 1 N–H and O–H groups in total. The summed E-state index contributed by atoms with van der Waals surface area (Å²) in [5, 5.41) is 14.1.